The van der Waals surface area contributed by atoms with Crippen LogP contribution >= 0.6 is 0 Å². The summed E-state index contributed by atoms with van der Waals surface area (Å²) < 4.78 is 2.05. The number of hydrogen-bond acceptors (Lipinski definition) is 6. The highest BCUT2D eigenvalue weighted by Gasteiger charge is 2.08. The first kappa shape index (κ1) is 12.4. The smallest absolute Gasteiger partial charge is 0.226 e. The lowest BCUT2D eigenvalue weighted by atomic mass is 10.3. The number of hydrogen-bond donors (Lipinski definition) is 3. The zero-order valence-corrected chi connectivity index (χ0v) is 11.2. The molecule has 0 saturated heterocycles. The highest BCUT2D eigenvalue weighted by molar-refractivity contribution is 5.86. The van der Waals surface area contributed by atoms with E-state index in [4.69, 9.17) is 0 Å². The third kappa shape index (κ3) is 2.53. The quantitative estimate of drug-likeness (QED) is 0.581. The Morgan fingerprint density at radius 1 is 1.35 bits per heavy atom. The van der Waals surface area contributed by atoms with Crippen LogP contribution in [0.2, 0.25) is 0 Å². The van der Waals surface area contributed by atoms with E-state index in [1.54, 1.807) is 19.4 Å². The molecule has 0 aliphatic carbocycles. The Morgan fingerprint density at radius 3 is 3.10 bits per heavy atom. The second-order valence-electron chi connectivity index (χ2n) is 4.36. The number of anilines is 2. The van der Waals surface area contributed by atoms with E-state index in [1.807, 2.05) is 17.1 Å². The van der Waals surface area contributed by atoms with Crippen molar-refractivity contribution in [2.75, 3.05) is 24.2 Å². The minimum Gasteiger partial charge on any atom is -0.369 e. The van der Waals surface area contributed by atoms with Gasteiger partial charge in [-0.15, -0.1) is 0 Å². The van der Waals surface area contributed by atoms with E-state index < -0.39 is 0 Å². The number of aromatic nitrogens is 6. The number of nitrogens with zero attached hydrogens (tertiary/aromatic N) is 5. The molecule has 0 aliphatic rings. The lowest BCUT2D eigenvalue weighted by molar-refractivity contribution is 0.660. The number of aryl methyl sites for hydroxylation is 1. The maximum absolute atomic E-state index is 4.41. The molecule has 3 rings (SSSR count). The maximum Gasteiger partial charge on any atom is 0.226 e. The first-order valence-electron chi connectivity index (χ1n) is 6.45. The van der Waals surface area contributed by atoms with Gasteiger partial charge in [0.1, 0.15) is 5.82 Å². The Hall–Kier alpha value is -2.64. The van der Waals surface area contributed by atoms with Gasteiger partial charge in [0, 0.05) is 32.5 Å². The van der Waals surface area contributed by atoms with Crippen molar-refractivity contribution in [2.45, 2.75) is 13.0 Å². The molecular formula is C12H16N8. The van der Waals surface area contributed by atoms with Gasteiger partial charge in [-0.25, -0.2) is 4.98 Å². The van der Waals surface area contributed by atoms with Gasteiger partial charge in [0.25, 0.3) is 0 Å². The number of nitrogens with one attached hydrogen (secondary N) is 3. The fraction of sp³-hybridized carbons (Fsp3) is 0.333. The first-order valence-corrected chi connectivity index (χ1v) is 6.45. The summed E-state index contributed by atoms with van der Waals surface area (Å²) in [5, 5.41) is 14.0. The number of H-pyrrole nitrogens is 1. The SMILES string of the molecule is CNc1nc(NCCCn2ccnc2)c2cn[nH]c2n1. The molecule has 0 aromatic carbocycles. The Balaban J connectivity index is 1.65. The lowest BCUT2D eigenvalue weighted by Crippen LogP contribution is -2.08. The van der Waals surface area contributed by atoms with Gasteiger partial charge in [-0.1, -0.05) is 0 Å². The molecule has 0 amide bonds. The molecule has 0 aliphatic heterocycles. The van der Waals surface area contributed by atoms with Crippen molar-refractivity contribution in [3.63, 3.8) is 0 Å². The molecule has 0 spiro atoms. The average molecular weight is 272 g/mol. The third-order valence-electron chi connectivity index (χ3n) is 2.98. The van der Waals surface area contributed by atoms with Crippen LogP contribution in [0.3, 0.4) is 0 Å². The zero-order chi connectivity index (χ0) is 13.8. The highest BCUT2D eigenvalue weighted by atomic mass is 15.2. The van der Waals surface area contributed by atoms with Gasteiger partial charge in [-0.05, 0) is 6.42 Å². The third-order valence-corrected chi connectivity index (χ3v) is 2.98. The number of imidazole rings is 1. The molecule has 0 fully saturated rings. The Kier molecular flexibility index (Phi) is 3.44. The Morgan fingerprint density at radius 2 is 2.30 bits per heavy atom. The summed E-state index contributed by atoms with van der Waals surface area (Å²) in [7, 11) is 1.79. The molecule has 3 heterocycles. The second kappa shape index (κ2) is 5.55. The van der Waals surface area contributed by atoms with Gasteiger partial charge in [-0.3, -0.25) is 5.10 Å². The van der Waals surface area contributed by atoms with Crippen LogP contribution in [-0.2, 0) is 6.54 Å². The lowest BCUT2D eigenvalue weighted by Gasteiger charge is -2.08. The largest absolute Gasteiger partial charge is 0.369 e. The minimum atomic E-state index is 0.568. The zero-order valence-electron chi connectivity index (χ0n) is 11.2. The van der Waals surface area contributed by atoms with E-state index in [1.165, 1.54) is 0 Å². The summed E-state index contributed by atoms with van der Waals surface area (Å²) in [6.45, 7) is 1.74. The second-order valence-corrected chi connectivity index (χ2v) is 4.36. The van der Waals surface area contributed by atoms with Gasteiger partial charge in [0.15, 0.2) is 5.65 Å². The number of aromatic amines is 1. The summed E-state index contributed by atoms with van der Waals surface area (Å²) >= 11 is 0. The molecule has 0 radical (unpaired) electrons. The topological polar surface area (TPSA) is 96.3 Å². The van der Waals surface area contributed by atoms with Crippen molar-refractivity contribution in [1.29, 1.82) is 0 Å². The van der Waals surface area contributed by atoms with E-state index in [0.29, 0.717) is 5.95 Å². The van der Waals surface area contributed by atoms with Crippen molar-refractivity contribution >= 4 is 22.8 Å². The number of rotatable bonds is 6. The molecule has 3 aromatic rings. The van der Waals surface area contributed by atoms with Crippen LogP contribution in [0.5, 0.6) is 0 Å². The molecule has 0 saturated carbocycles. The Bertz CT molecular complexity index is 672. The molecule has 3 aromatic heterocycles. The standard InChI is InChI=1S/C12H16N8/c1-13-12-17-10(9-7-16-19-11(9)18-12)15-3-2-5-20-6-4-14-8-20/h4,6-8H,2-3,5H2,1H3,(H3,13,15,16,17,18,19). The van der Waals surface area contributed by atoms with Gasteiger partial charge < -0.3 is 15.2 Å². The molecule has 104 valence electrons. The van der Waals surface area contributed by atoms with E-state index in [2.05, 4.69) is 35.8 Å². The van der Waals surface area contributed by atoms with Gasteiger partial charge in [0.05, 0.1) is 17.9 Å². The van der Waals surface area contributed by atoms with Crippen LogP contribution in [0.4, 0.5) is 11.8 Å². The van der Waals surface area contributed by atoms with Gasteiger partial charge >= 0.3 is 0 Å². The predicted octanol–water partition coefficient (Wildman–Crippen LogP) is 1.09. The number of fused-ring (bicyclic) bond motifs is 1. The van der Waals surface area contributed by atoms with Crippen LogP contribution < -0.4 is 10.6 Å². The summed E-state index contributed by atoms with van der Waals surface area (Å²) in [5.74, 6) is 1.36. The highest BCUT2D eigenvalue weighted by Crippen LogP contribution is 2.19. The van der Waals surface area contributed by atoms with E-state index in [9.17, 15) is 0 Å². The molecule has 20 heavy (non-hydrogen) atoms. The van der Waals surface area contributed by atoms with Crippen molar-refractivity contribution in [3.8, 4) is 0 Å². The molecule has 3 N–H and O–H groups in total. The van der Waals surface area contributed by atoms with E-state index in [0.717, 1.165) is 36.4 Å². The van der Waals surface area contributed by atoms with Crippen molar-refractivity contribution in [2.24, 2.45) is 0 Å². The molecule has 0 atom stereocenters. The summed E-state index contributed by atoms with van der Waals surface area (Å²) in [5.41, 5.74) is 0.724. The molecule has 0 unspecified atom stereocenters. The van der Waals surface area contributed by atoms with Crippen molar-refractivity contribution in [3.05, 3.63) is 24.9 Å². The first-order chi connectivity index (χ1) is 9.86. The fourth-order valence-corrected chi connectivity index (χ4v) is 1.97. The summed E-state index contributed by atoms with van der Waals surface area (Å²) in [4.78, 5) is 12.7. The predicted molar refractivity (Wildman–Crippen MR) is 76.6 cm³/mol. The van der Waals surface area contributed by atoms with Crippen LogP contribution in [0.15, 0.2) is 24.9 Å². The van der Waals surface area contributed by atoms with Crippen LogP contribution in [-0.4, -0.2) is 43.3 Å². The minimum absolute atomic E-state index is 0.568. The molecule has 8 nitrogen and oxygen atoms in total. The molecule has 0 bridgehead atoms. The molecule has 8 heteroatoms. The molecular weight excluding hydrogens is 256 g/mol. The van der Waals surface area contributed by atoms with Crippen LogP contribution in [0, 0.1) is 0 Å². The van der Waals surface area contributed by atoms with Crippen molar-refractivity contribution in [1.82, 2.24) is 29.7 Å². The average Bonchev–Trinajstić information content (AvgIpc) is 3.13. The van der Waals surface area contributed by atoms with Crippen LogP contribution in [0.1, 0.15) is 6.42 Å². The van der Waals surface area contributed by atoms with Crippen LogP contribution in [0.25, 0.3) is 11.0 Å². The maximum atomic E-state index is 4.41. The Labute approximate surface area is 115 Å². The van der Waals surface area contributed by atoms with Gasteiger partial charge in [-0.2, -0.15) is 15.1 Å². The fourth-order valence-electron chi connectivity index (χ4n) is 1.97. The monoisotopic (exact) mass is 272 g/mol. The van der Waals surface area contributed by atoms with Crippen molar-refractivity contribution < 1.29 is 0 Å². The summed E-state index contributed by atoms with van der Waals surface area (Å²) in [6, 6.07) is 0. The van der Waals surface area contributed by atoms with E-state index >= 15 is 0 Å². The normalized spacial score (nSPS) is 10.8. The van der Waals surface area contributed by atoms with E-state index in [-0.39, 0.29) is 0 Å². The van der Waals surface area contributed by atoms with Gasteiger partial charge in [0.2, 0.25) is 5.95 Å². The summed E-state index contributed by atoms with van der Waals surface area (Å²) in [6.07, 6.45) is 8.27.